The van der Waals surface area contributed by atoms with Crippen molar-refractivity contribution in [2.75, 3.05) is 31.6 Å². The minimum absolute atomic E-state index is 0.0219. The van der Waals surface area contributed by atoms with Crippen LogP contribution in [0.1, 0.15) is 49.3 Å². The van der Waals surface area contributed by atoms with Crippen molar-refractivity contribution in [3.05, 3.63) is 59.1 Å². The zero-order valence-electron chi connectivity index (χ0n) is 19.7. The van der Waals surface area contributed by atoms with Crippen LogP contribution in [0.3, 0.4) is 0 Å². The first-order valence-corrected chi connectivity index (χ1v) is 12.7. The van der Waals surface area contributed by atoms with Crippen LogP contribution >= 0.6 is 11.6 Å². The summed E-state index contributed by atoms with van der Waals surface area (Å²) in [5.41, 5.74) is 0.824. The van der Waals surface area contributed by atoms with Gasteiger partial charge in [0.05, 0.1) is 31.1 Å². The number of fused-ring (bicyclic) bond motifs is 1. The smallest absolute Gasteiger partial charge is 0.229 e. The lowest BCUT2D eigenvalue weighted by molar-refractivity contribution is -0.117. The number of rotatable bonds is 5. The highest BCUT2D eigenvalue weighted by Crippen LogP contribution is 2.48. The number of pyridine rings is 1. The number of amides is 1. The molecule has 4 heterocycles. The van der Waals surface area contributed by atoms with E-state index in [0.29, 0.717) is 24.9 Å². The lowest BCUT2D eigenvalue weighted by Crippen LogP contribution is -2.56. The van der Waals surface area contributed by atoms with Crippen molar-refractivity contribution in [1.82, 2.24) is 9.88 Å². The van der Waals surface area contributed by atoms with Crippen molar-refractivity contribution in [3.8, 4) is 0 Å². The lowest BCUT2D eigenvalue weighted by Gasteiger charge is -2.43. The van der Waals surface area contributed by atoms with E-state index in [2.05, 4.69) is 28.2 Å². The second kappa shape index (κ2) is 8.89. The molecule has 0 bridgehead atoms. The molecule has 7 nitrogen and oxygen atoms in total. The molecule has 8 heteroatoms. The summed E-state index contributed by atoms with van der Waals surface area (Å²) in [4.78, 5) is 19.5. The van der Waals surface area contributed by atoms with E-state index in [-0.39, 0.29) is 23.3 Å². The Balaban J connectivity index is 1.15. The summed E-state index contributed by atoms with van der Waals surface area (Å²) in [6.45, 7) is 4.86. The maximum absolute atomic E-state index is 12.7. The van der Waals surface area contributed by atoms with Crippen molar-refractivity contribution in [2.45, 2.75) is 49.7 Å². The first-order valence-electron chi connectivity index (χ1n) is 12.4. The fraction of sp³-hybridized carbons (Fsp3) is 0.481. The van der Waals surface area contributed by atoms with E-state index in [1.165, 1.54) is 0 Å². The number of hydrogen-bond donors (Lipinski definition) is 2. The number of hydrogen-bond acceptors (Lipinski definition) is 6. The Bertz CT molecular complexity index is 1240. The minimum atomic E-state index is -0.450. The molecule has 184 valence electrons. The van der Waals surface area contributed by atoms with Crippen molar-refractivity contribution in [2.24, 2.45) is 5.92 Å². The number of ether oxygens (including phenoxy) is 1. The van der Waals surface area contributed by atoms with Crippen LogP contribution in [0, 0.1) is 5.92 Å². The maximum atomic E-state index is 12.7. The van der Waals surface area contributed by atoms with Gasteiger partial charge in [0.2, 0.25) is 5.91 Å². The van der Waals surface area contributed by atoms with E-state index >= 15 is 0 Å². The van der Waals surface area contributed by atoms with Crippen molar-refractivity contribution in [1.29, 1.82) is 0 Å². The number of furan rings is 1. The Morgan fingerprint density at radius 1 is 1.26 bits per heavy atom. The van der Waals surface area contributed by atoms with Crippen LogP contribution in [0.25, 0.3) is 10.8 Å². The Morgan fingerprint density at radius 2 is 2.09 bits per heavy atom. The second-order valence-corrected chi connectivity index (χ2v) is 10.8. The number of carbonyl (C=O) groups excluding carboxylic acids is 1. The standard InChI is InChI=1S/C27H30ClN3O4/c1-27(15-34-14-24(27)32)31-6-4-16(5-7-31)19-9-17-11-25(29-13-18(17)10-22(19)28)30-26(33)21-12-20(21)23-3-2-8-35-23/h2-3,8-11,13,16,20-21,24,32H,4-7,12,14-15H2,1H3,(H,29,30,33)/t20-,21-,24-,27+/m0/s1. The molecule has 1 aromatic carbocycles. The van der Waals surface area contributed by atoms with Crippen LogP contribution in [0.15, 0.2) is 47.2 Å². The van der Waals surface area contributed by atoms with Crippen molar-refractivity contribution in [3.63, 3.8) is 0 Å². The molecule has 1 amide bonds. The summed E-state index contributed by atoms with van der Waals surface area (Å²) in [6.07, 6.45) is 5.70. The normalized spacial score (nSPS) is 29.5. The Kier molecular flexibility index (Phi) is 5.84. The fourth-order valence-corrected chi connectivity index (χ4v) is 6.07. The summed E-state index contributed by atoms with van der Waals surface area (Å²) in [6, 6.07) is 9.83. The molecule has 35 heavy (non-hydrogen) atoms. The molecule has 0 spiro atoms. The number of aliphatic hydroxyl groups is 1. The first-order chi connectivity index (χ1) is 16.9. The van der Waals surface area contributed by atoms with Gasteiger partial charge in [-0.1, -0.05) is 11.6 Å². The van der Waals surface area contributed by atoms with Crippen LogP contribution in [0.4, 0.5) is 5.82 Å². The van der Waals surface area contributed by atoms with E-state index in [4.69, 9.17) is 20.8 Å². The van der Waals surface area contributed by atoms with Gasteiger partial charge in [-0.05, 0) is 86.5 Å². The van der Waals surface area contributed by atoms with Crippen molar-refractivity contribution < 1.29 is 19.1 Å². The molecule has 0 radical (unpaired) electrons. The molecule has 1 saturated carbocycles. The third-order valence-electron chi connectivity index (χ3n) is 8.17. The number of piperidine rings is 1. The van der Waals surface area contributed by atoms with Crippen LogP contribution in [-0.2, 0) is 9.53 Å². The van der Waals surface area contributed by atoms with Gasteiger partial charge in [0.25, 0.3) is 0 Å². The molecule has 2 N–H and O–H groups in total. The molecule has 2 saturated heterocycles. The highest BCUT2D eigenvalue weighted by molar-refractivity contribution is 6.32. The van der Waals surface area contributed by atoms with Crippen LogP contribution < -0.4 is 5.32 Å². The number of aromatic nitrogens is 1. The van der Waals surface area contributed by atoms with Gasteiger partial charge in [0.15, 0.2) is 0 Å². The Hall–Kier alpha value is -2.45. The fourth-order valence-electron chi connectivity index (χ4n) is 5.74. The first kappa shape index (κ1) is 23.0. The lowest BCUT2D eigenvalue weighted by atomic mass is 9.85. The Labute approximate surface area is 209 Å². The predicted octanol–water partition coefficient (Wildman–Crippen LogP) is 4.55. The molecule has 1 aliphatic carbocycles. The van der Waals surface area contributed by atoms with Gasteiger partial charge in [0, 0.05) is 28.4 Å². The molecule has 0 unspecified atom stereocenters. The van der Waals surface area contributed by atoms with E-state index in [1.807, 2.05) is 24.3 Å². The molecular weight excluding hydrogens is 466 g/mol. The Morgan fingerprint density at radius 3 is 2.80 bits per heavy atom. The van der Waals surface area contributed by atoms with E-state index < -0.39 is 6.10 Å². The zero-order chi connectivity index (χ0) is 24.2. The van der Waals surface area contributed by atoms with Gasteiger partial charge >= 0.3 is 0 Å². The number of halogens is 1. The van der Waals surface area contributed by atoms with Crippen LogP contribution in [0.2, 0.25) is 5.02 Å². The maximum Gasteiger partial charge on any atom is 0.229 e. The van der Waals surface area contributed by atoms with E-state index in [9.17, 15) is 9.90 Å². The number of aliphatic hydroxyl groups excluding tert-OH is 1. The number of likely N-dealkylation sites (tertiary alicyclic amines) is 1. The topological polar surface area (TPSA) is 87.8 Å². The van der Waals surface area contributed by atoms with E-state index in [0.717, 1.165) is 59.5 Å². The summed E-state index contributed by atoms with van der Waals surface area (Å²) in [7, 11) is 0. The van der Waals surface area contributed by atoms with E-state index in [1.54, 1.807) is 12.5 Å². The quantitative estimate of drug-likeness (QED) is 0.540. The molecule has 2 aromatic heterocycles. The highest BCUT2D eigenvalue weighted by Gasteiger charge is 2.46. The van der Waals surface area contributed by atoms with Gasteiger partial charge < -0.3 is 19.6 Å². The van der Waals surface area contributed by atoms with Gasteiger partial charge in [-0.15, -0.1) is 0 Å². The summed E-state index contributed by atoms with van der Waals surface area (Å²) in [5, 5.41) is 16.1. The SMILES string of the molecule is C[C@@]1(N2CCC(c3cc4cc(NC(=O)[C@H]5C[C@@H]5c5ccco5)ncc4cc3Cl)CC2)COC[C@@H]1O. The van der Waals surface area contributed by atoms with Crippen molar-refractivity contribution >= 4 is 34.1 Å². The van der Waals surface area contributed by atoms with Gasteiger partial charge in [-0.2, -0.15) is 0 Å². The summed E-state index contributed by atoms with van der Waals surface area (Å²) >= 11 is 6.71. The second-order valence-electron chi connectivity index (χ2n) is 10.4. The van der Waals surface area contributed by atoms with Gasteiger partial charge in [0.1, 0.15) is 11.6 Å². The van der Waals surface area contributed by atoms with Gasteiger partial charge in [-0.3, -0.25) is 9.69 Å². The molecule has 6 rings (SSSR count). The molecule has 3 aliphatic rings. The third-order valence-corrected chi connectivity index (χ3v) is 8.50. The number of nitrogens with zero attached hydrogens (tertiary/aromatic N) is 2. The molecular formula is C27H30ClN3O4. The predicted molar refractivity (Wildman–Crippen MR) is 134 cm³/mol. The molecule has 2 aliphatic heterocycles. The number of anilines is 1. The average molecular weight is 496 g/mol. The molecule has 4 atom stereocenters. The number of benzene rings is 1. The molecule has 3 aromatic rings. The summed E-state index contributed by atoms with van der Waals surface area (Å²) in [5.74, 6) is 1.82. The monoisotopic (exact) mass is 495 g/mol. The average Bonchev–Trinajstić information content (AvgIpc) is 3.32. The summed E-state index contributed by atoms with van der Waals surface area (Å²) < 4.78 is 11.0. The third kappa shape index (κ3) is 4.25. The largest absolute Gasteiger partial charge is 0.469 e. The zero-order valence-corrected chi connectivity index (χ0v) is 20.5. The number of carbonyl (C=O) groups is 1. The van der Waals surface area contributed by atoms with Gasteiger partial charge in [-0.25, -0.2) is 4.98 Å². The van der Waals surface area contributed by atoms with Crippen LogP contribution in [-0.4, -0.2) is 58.8 Å². The minimum Gasteiger partial charge on any atom is -0.469 e. The highest BCUT2D eigenvalue weighted by atomic mass is 35.5. The molecule has 3 fully saturated rings. The number of nitrogens with one attached hydrogen (secondary N) is 1. The van der Waals surface area contributed by atoms with Crippen LogP contribution in [0.5, 0.6) is 0 Å².